The van der Waals surface area contributed by atoms with Crippen LogP contribution in [0.1, 0.15) is 40.3 Å². The lowest BCUT2D eigenvalue weighted by molar-refractivity contribution is -0.0649. The number of aromatic nitrogens is 1. The van der Waals surface area contributed by atoms with Crippen molar-refractivity contribution in [1.82, 2.24) is 14.9 Å². The number of hydrogen-bond acceptors (Lipinski definition) is 7. The summed E-state index contributed by atoms with van der Waals surface area (Å²) in [5, 5.41) is 14.5. The van der Waals surface area contributed by atoms with Crippen molar-refractivity contribution < 1.29 is 37.3 Å². The number of rotatable bonds is 5. The molecule has 0 radical (unpaired) electrons. The third-order valence-electron chi connectivity index (χ3n) is 6.76. The number of methoxy groups -OCH3 is 2. The van der Waals surface area contributed by atoms with Crippen LogP contribution in [0.25, 0.3) is 0 Å². The molecule has 2 N–H and O–H groups in total. The number of carbonyl (C=O) groups excluding carboxylic acids is 2. The summed E-state index contributed by atoms with van der Waals surface area (Å²) in [6, 6.07) is -0.00277. The number of hydrogen-bond donors (Lipinski definition) is 2. The number of aromatic hydroxyl groups is 1. The molecule has 1 fully saturated rings. The molecule has 2 bridgehead atoms. The van der Waals surface area contributed by atoms with Crippen molar-refractivity contribution >= 4 is 11.8 Å². The van der Waals surface area contributed by atoms with Crippen molar-refractivity contribution in [3.63, 3.8) is 0 Å². The number of pyridine rings is 1. The van der Waals surface area contributed by atoms with E-state index in [0.29, 0.717) is 12.1 Å². The highest BCUT2D eigenvalue weighted by molar-refractivity contribution is 5.99. The zero-order valence-electron chi connectivity index (χ0n) is 19.9. The van der Waals surface area contributed by atoms with Crippen molar-refractivity contribution in [1.29, 1.82) is 0 Å². The van der Waals surface area contributed by atoms with Crippen molar-refractivity contribution in [2.45, 2.75) is 44.7 Å². The van der Waals surface area contributed by atoms with Crippen LogP contribution in [0.4, 0.5) is 13.2 Å². The second kappa shape index (κ2) is 9.47. The summed E-state index contributed by atoms with van der Waals surface area (Å²) in [5.41, 5.74) is -2.66. The van der Waals surface area contributed by atoms with Crippen molar-refractivity contribution in [2.24, 2.45) is 0 Å². The number of ether oxygens (including phenoxy) is 2. The largest absolute Gasteiger partial charge is 0.502 e. The Morgan fingerprint density at radius 3 is 2.25 bits per heavy atom. The highest BCUT2D eigenvalue weighted by atomic mass is 19.1. The van der Waals surface area contributed by atoms with E-state index in [4.69, 9.17) is 9.47 Å². The Morgan fingerprint density at radius 2 is 1.67 bits per heavy atom. The normalized spacial score (nSPS) is 23.4. The Bertz CT molecular complexity index is 1260. The molecule has 2 aromatic rings. The molecule has 1 aromatic carbocycles. The van der Waals surface area contributed by atoms with Gasteiger partial charge in [0.1, 0.15) is 41.9 Å². The van der Waals surface area contributed by atoms with E-state index in [1.54, 1.807) is 18.9 Å². The van der Waals surface area contributed by atoms with Crippen LogP contribution >= 0.6 is 0 Å². The molecule has 2 amide bonds. The number of amides is 2. The van der Waals surface area contributed by atoms with Crippen LogP contribution in [0, 0.1) is 17.5 Å². The van der Waals surface area contributed by atoms with Crippen LogP contribution in [0.3, 0.4) is 0 Å². The molecule has 3 heterocycles. The van der Waals surface area contributed by atoms with Crippen LogP contribution < -0.4 is 15.8 Å². The minimum Gasteiger partial charge on any atom is -0.502 e. The fourth-order valence-electron chi connectivity index (χ4n) is 4.78. The quantitative estimate of drug-likeness (QED) is 0.619. The number of fused-ring (bicyclic) bond motifs is 4. The monoisotopic (exact) mass is 510 g/mol. The molecule has 2 aliphatic heterocycles. The minimum absolute atomic E-state index is 0.0449. The third kappa shape index (κ3) is 3.97. The summed E-state index contributed by atoms with van der Waals surface area (Å²) in [6.07, 6.45) is 0.0170. The van der Waals surface area contributed by atoms with Gasteiger partial charge in [0.15, 0.2) is 11.4 Å². The first-order valence-corrected chi connectivity index (χ1v) is 11.1. The van der Waals surface area contributed by atoms with Gasteiger partial charge in [-0.25, -0.2) is 13.2 Å². The van der Waals surface area contributed by atoms with Crippen molar-refractivity contribution in [3.05, 3.63) is 62.8 Å². The van der Waals surface area contributed by atoms with Crippen LogP contribution in [-0.2, 0) is 16.0 Å². The van der Waals surface area contributed by atoms with Crippen LogP contribution in [0.15, 0.2) is 23.1 Å². The summed E-state index contributed by atoms with van der Waals surface area (Å²) in [7, 11) is 2.97. The molecule has 0 spiro atoms. The van der Waals surface area contributed by atoms with Gasteiger partial charge in [-0.3, -0.25) is 24.1 Å². The van der Waals surface area contributed by atoms with Crippen LogP contribution in [-0.4, -0.2) is 71.7 Å². The SMILES string of the molecule is CO[C@@H]1[C@H](OC)[C@H](C)N2CN([C@@H]1C)n1cc(C(=O)NCc3c(F)cc(F)cc3F)c(=O)c(O)c1C2=O. The standard InChI is InChI=1S/C23H25F3N4O6/c1-10-20(35-3)21(36-4)11(2)30-9-28(10)23(34)17-19(32)18(31)14(8-29(17)30)22(33)27-7-13-15(25)5-12(24)6-16(13)26/h5-6,8,10-11,20-21,32H,7,9H2,1-4H3,(H,27,33)/t10-,11+,20+,21-/m0/s1. The number of carbonyl (C=O) groups is 2. The number of benzene rings is 1. The number of nitrogens with one attached hydrogen (secondary N) is 1. The first-order valence-electron chi connectivity index (χ1n) is 11.1. The first-order chi connectivity index (χ1) is 17.0. The maximum Gasteiger partial charge on any atom is 0.278 e. The Balaban J connectivity index is 1.74. The zero-order chi connectivity index (χ0) is 26.5. The molecule has 0 saturated carbocycles. The predicted octanol–water partition coefficient (Wildman–Crippen LogP) is 1.07. The van der Waals surface area contributed by atoms with Gasteiger partial charge in [0.05, 0.1) is 12.1 Å². The number of halogens is 3. The molecule has 4 rings (SSSR count). The molecule has 13 heteroatoms. The highest BCUT2D eigenvalue weighted by Gasteiger charge is 2.47. The van der Waals surface area contributed by atoms with Gasteiger partial charge < -0.3 is 24.8 Å². The van der Waals surface area contributed by atoms with E-state index in [0.717, 1.165) is 6.20 Å². The van der Waals surface area contributed by atoms with Gasteiger partial charge in [0.25, 0.3) is 11.8 Å². The molecular formula is C23H25F3N4O6. The lowest BCUT2D eigenvalue weighted by atomic mass is 10.0. The highest BCUT2D eigenvalue weighted by Crippen LogP contribution is 2.31. The molecule has 194 valence electrons. The Hall–Kier alpha value is -3.58. The molecule has 4 atom stereocenters. The predicted molar refractivity (Wildman–Crippen MR) is 120 cm³/mol. The smallest absolute Gasteiger partial charge is 0.278 e. The fourth-order valence-corrected chi connectivity index (χ4v) is 4.78. The summed E-state index contributed by atoms with van der Waals surface area (Å²) >= 11 is 0. The van der Waals surface area contributed by atoms with Crippen LogP contribution in [0.2, 0.25) is 0 Å². The Kier molecular flexibility index (Phi) is 6.71. The molecule has 1 saturated heterocycles. The van der Waals surface area contributed by atoms with E-state index in [1.165, 1.54) is 23.8 Å². The second-order valence-electron chi connectivity index (χ2n) is 8.68. The van der Waals surface area contributed by atoms with E-state index >= 15 is 0 Å². The molecular weight excluding hydrogens is 485 g/mol. The Morgan fingerprint density at radius 1 is 1.08 bits per heavy atom. The zero-order valence-corrected chi connectivity index (χ0v) is 19.9. The van der Waals surface area contributed by atoms with E-state index in [9.17, 15) is 32.7 Å². The molecule has 2 aliphatic rings. The molecule has 0 aliphatic carbocycles. The summed E-state index contributed by atoms with van der Waals surface area (Å²) in [6.45, 7) is 2.91. The van der Waals surface area contributed by atoms with Crippen molar-refractivity contribution in [2.75, 3.05) is 25.9 Å². The van der Waals surface area contributed by atoms with Crippen LogP contribution in [0.5, 0.6) is 5.75 Å². The van der Waals surface area contributed by atoms with Gasteiger partial charge >= 0.3 is 0 Å². The summed E-state index contributed by atoms with van der Waals surface area (Å²) < 4.78 is 53.5. The first kappa shape index (κ1) is 25.5. The van der Waals surface area contributed by atoms with Gasteiger partial charge in [0, 0.05) is 44.7 Å². The third-order valence-corrected chi connectivity index (χ3v) is 6.76. The van der Waals surface area contributed by atoms with E-state index in [1.807, 2.05) is 0 Å². The van der Waals surface area contributed by atoms with Gasteiger partial charge in [-0.15, -0.1) is 0 Å². The van der Waals surface area contributed by atoms with Gasteiger partial charge in [-0.2, -0.15) is 0 Å². The van der Waals surface area contributed by atoms with E-state index in [-0.39, 0.29) is 12.4 Å². The van der Waals surface area contributed by atoms with Crippen molar-refractivity contribution in [3.8, 4) is 5.75 Å². The van der Waals surface area contributed by atoms with Gasteiger partial charge in [-0.1, -0.05) is 0 Å². The average molecular weight is 510 g/mol. The number of nitrogens with zero attached hydrogens (tertiary/aromatic N) is 3. The molecule has 0 unspecified atom stereocenters. The fraction of sp³-hybridized carbons (Fsp3) is 0.435. The van der Waals surface area contributed by atoms with E-state index in [2.05, 4.69) is 5.32 Å². The van der Waals surface area contributed by atoms with Gasteiger partial charge in [0.2, 0.25) is 5.43 Å². The second-order valence-corrected chi connectivity index (χ2v) is 8.68. The molecule has 10 nitrogen and oxygen atoms in total. The maximum atomic E-state index is 14.0. The molecule has 1 aromatic heterocycles. The topological polar surface area (TPSA) is 113 Å². The summed E-state index contributed by atoms with van der Waals surface area (Å²) in [5.74, 6) is -6.21. The summed E-state index contributed by atoms with van der Waals surface area (Å²) in [4.78, 5) is 40.4. The lowest BCUT2D eigenvalue weighted by Crippen LogP contribution is -2.58. The minimum atomic E-state index is -1.21. The maximum absolute atomic E-state index is 14.0. The average Bonchev–Trinajstić information content (AvgIpc) is 2.91. The lowest BCUT2D eigenvalue weighted by Gasteiger charge is -2.42. The Labute approximate surface area is 203 Å². The molecule has 36 heavy (non-hydrogen) atoms. The van der Waals surface area contributed by atoms with Gasteiger partial charge in [-0.05, 0) is 13.8 Å². The van der Waals surface area contributed by atoms with E-state index < -0.39 is 82.4 Å².